The number of hydrogen-bond donors (Lipinski definition) is 0. The summed E-state index contributed by atoms with van der Waals surface area (Å²) in [7, 11) is 3.46. The van der Waals surface area contributed by atoms with Crippen LogP contribution < -0.4 is 9.47 Å². The zero-order valence-electron chi connectivity index (χ0n) is 15.5. The highest BCUT2D eigenvalue weighted by molar-refractivity contribution is 5.40. The van der Waals surface area contributed by atoms with Crippen LogP contribution in [0.3, 0.4) is 0 Å². The van der Waals surface area contributed by atoms with E-state index in [-0.39, 0.29) is 0 Å². The Hall–Kier alpha value is -1.52. The fraction of sp³-hybridized carbons (Fsp3) is 0.619. The van der Waals surface area contributed by atoms with E-state index in [0.29, 0.717) is 0 Å². The molecule has 4 rings (SSSR count). The van der Waals surface area contributed by atoms with Gasteiger partial charge in [0.1, 0.15) is 11.5 Å². The van der Waals surface area contributed by atoms with Gasteiger partial charge < -0.3 is 14.4 Å². The summed E-state index contributed by atoms with van der Waals surface area (Å²) >= 11 is 0. The van der Waals surface area contributed by atoms with Crippen molar-refractivity contribution in [3.8, 4) is 11.5 Å². The average Bonchev–Trinajstić information content (AvgIpc) is 3.26. The Morgan fingerprint density at radius 1 is 0.960 bits per heavy atom. The number of allylic oxidation sites excluding steroid dienone is 2. The van der Waals surface area contributed by atoms with Crippen molar-refractivity contribution >= 4 is 0 Å². The molecule has 1 saturated carbocycles. The van der Waals surface area contributed by atoms with Crippen LogP contribution in [0.25, 0.3) is 0 Å². The van der Waals surface area contributed by atoms with Crippen LogP contribution in [0.5, 0.6) is 11.5 Å². The molecule has 3 atom stereocenters. The summed E-state index contributed by atoms with van der Waals surface area (Å²) in [5.41, 5.74) is 1.22. The zero-order chi connectivity index (χ0) is 17.2. The van der Waals surface area contributed by atoms with Crippen LogP contribution in [0.4, 0.5) is 0 Å². The molecule has 0 spiro atoms. The van der Waals surface area contributed by atoms with Crippen LogP contribution in [0.1, 0.15) is 18.4 Å². The van der Waals surface area contributed by atoms with E-state index in [4.69, 9.17) is 9.47 Å². The molecule has 1 aliphatic heterocycles. The molecule has 1 aromatic rings. The largest absolute Gasteiger partial charge is 0.497 e. The summed E-state index contributed by atoms with van der Waals surface area (Å²) < 4.78 is 10.9. The highest BCUT2D eigenvalue weighted by Gasteiger charge is 2.36. The third kappa shape index (κ3) is 3.70. The predicted molar refractivity (Wildman–Crippen MR) is 100 cm³/mol. The summed E-state index contributed by atoms with van der Waals surface area (Å²) in [6.45, 7) is 6.87. The molecule has 1 heterocycles. The molecule has 2 bridgehead atoms. The molecule has 0 N–H and O–H groups in total. The van der Waals surface area contributed by atoms with Crippen molar-refractivity contribution in [1.82, 2.24) is 9.80 Å². The van der Waals surface area contributed by atoms with Crippen LogP contribution >= 0.6 is 0 Å². The lowest BCUT2D eigenvalue weighted by Gasteiger charge is -2.37. The van der Waals surface area contributed by atoms with Crippen molar-refractivity contribution in [3.05, 3.63) is 35.9 Å². The van der Waals surface area contributed by atoms with Crippen molar-refractivity contribution < 1.29 is 9.47 Å². The highest BCUT2D eigenvalue weighted by atomic mass is 16.5. The molecule has 0 amide bonds. The van der Waals surface area contributed by atoms with Crippen LogP contribution in [-0.4, -0.2) is 56.7 Å². The Bertz CT molecular complexity index is 622. The molecule has 136 valence electrons. The number of benzene rings is 1. The van der Waals surface area contributed by atoms with Crippen molar-refractivity contribution in [2.75, 3.05) is 46.9 Å². The van der Waals surface area contributed by atoms with Gasteiger partial charge in [0.15, 0.2) is 0 Å². The molecular weight excluding hydrogens is 312 g/mol. The summed E-state index contributed by atoms with van der Waals surface area (Å²) in [6, 6.07) is 6.07. The van der Waals surface area contributed by atoms with Crippen LogP contribution in [0.15, 0.2) is 30.4 Å². The average molecular weight is 342 g/mol. The quantitative estimate of drug-likeness (QED) is 0.742. The van der Waals surface area contributed by atoms with E-state index >= 15 is 0 Å². The summed E-state index contributed by atoms with van der Waals surface area (Å²) in [5, 5.41) is 0. The van der Waals surface area contributed by atoms with Gasteiger partial charge in [-0.2, -0.15) is 0 Å². The Morgan fingerprint density at radius 3 is 2.40 bits per heavy atom. The summed E-state index contributed by atoms with van der Waals surface area (Å²) in [6.07, 6.45) is 7.76. The van der Waals surface area contributed by atoms with Crippen molar-refractivity contribution in [3.63, 3.8) is 0 Å². The lowest BCUT2D eigenvalue weighted by atomic mass is 9.93. The molecule has 2 fully saturated rings. The number of ether oxygens (including phenoxy) is 2. The minimum Gasteiger partial charge on any atom is -0.497 e. The van der Waals surface area contributed by atoms with E-state index in [2.05, 4.69) is 28.0 Å². The van der Waals surface area contributed by atoms with Gasteiger partial charge in [0.2, 0.25) is 0 Å². The second kappa shape index (κ2) is 7.38. The smallest absolute Gasteiger partial charge is 0.123 e. The van der Waals surface area contributed by atoms with E-state index in [0.717, 1.165) is 48.9 Å². The molecular formula is C21H30N2O2. The number of hydrogen-bond acceptors (Lipinski definition) is 4. The van der Waals surface area contributed by atoms with E-state index < -0.39 is 0 Å². The molecule has 1 saturated heterocycles. The van der Waals surface area contributed by atoms with Gasteiger partial charge in [-0.1, -0.05) is 12.2 Å². The second-order valence-corrected chi connectivity index (χ2v) is 7.79. The SMILES string of the molecule is COc1ccc(OC)c(CN2CCN(C[C@@H]3C[C@@H]4C=C[C@H]3C4)CC2)c1. The van der Waals surface area contributed by atoms with Gasteiger partial charge in [0.25, 0.3) is 0 Å². The number of methoxy groups -OCH3 is 2. The first-order valence-corrected chi connectivity index (χ1v) is 9.59. The molecule has 2 aliphatic carbocycles. The van der Waals surface area contributed by atoms with Gasteiger partial charge in [-0.15, -0.1) is 0 Å². The molecule has 0 aromatic heterocycles. The maximum absolute atomic E-state index is 5.53. The fourth-order valence-electron chi connectivity index (χ4n) is 4.81. The Morgan fingerprint density at radius 2 is 1.76 bits per heavy atom. The summed E-state index contributed by atoms with van der Waals surface area (Å²) in [5.74, 6) is 4.51. The fourth-order valence-corrected chi connectivity index (χ4v) is 4.81. The monoisotopic (exact) mass is 342 g/mol. The van der Waals surface area contributed by atoms with Crippen molar-refractivity contribution in [2.24, 2.45) is 17.8 Å². The predicted octanol–water partition coefficient (Wildman–Crippen LogP) is 3.03. The van der Waals surface area contributed by atoms with E-state index in [9.17, 15) is 0 Å². The van der Waals surface area contributed by atoms with Gasteiger partial charge in [-0.05, 0) is 48.8 Å². The molecule has 0 unspecified atom stereocenters. The minimum atomic E-state index is 0.865. The lowest BCUT2D eigenvalue weighted by molar-refractivity contribution is 0.108. The van der Waals surface area contributed by atoms with Gasteiger partial charge in [-0.25, -0.2) is 0 Å². The Balaban J connectivity index is 1.29. The number of rotatable bonds is 6. The molecule has 0 radical (unpaired) electrons. The number of nitrogens with zero attached hydrogens (tertiary/aromatic N) is 2. The third-order valence-corrected chi connectivity index (χ3v) is 6.26. The molecule has 4 nitrogen and oxygen atoms in total. The van der Waals surface area contributed by atoms with Crippen LogP contribution in [0, 0.1) is 17.8 Å². The molecule has 4 heteroatoms. The first kappa shape index (κ1) is 16.9. The highest BCUT2D eigenvalue weighted by Crippen LogP contribution is 2.43. The van der Waals surface area contributed by atoms with Gasteiger partial charge in [0.05, 0.1) is 14.2 Å². The molecule has 3 aliphatic rings. The Kier molecular flexibility index (Phi) is 5.00. The maximum atomic E-state index is 5.53. The number of piperazine rings is 1. The third-order valence-electron chi connectivity index (χ3n) is 6.26. The maximum Gasteiger partial charge on any atom is 0.123 e. The molecule has 25 heavy (non-hydrogen) atoms. The van der Waals surface area contributed by atoms with Gasteiger partial charge in [0, 0.05) is 44.8 Å². The van der Waals surface area contributed by atoms with Gasteiger partial charge in [-0.3, -0.25) is 4.90 Å². The standard InChI is InChI=1S/C21H30N2O2/c1-24-20-5-6-21(25-2)19(13-20)15-23-9-7-22(8-10-23)14-18-12-16-3-4-17(18)11-16/h3-6,13,16-18H,7-12,14-15H2,1-2H3/t16-,17+,18+/m1/s1. The Labute approximate surface area is 151 Å². The van der Waals surface area contributed by atoms with E-state index in [1.807, 2.05) is 12.1 Å². The van der Waals surface area contributed by atoms with E-state index in [1.54, 1.807) is 14.2 Å². The summed E-state index contributed by atoms with van der Waals surface area (Å²) in [4.78, 5) is 5.22. The van der Waals surface area contributed by atoms with Crippen molar-refractivity contribution in [1.29, 1.82) is 0 Å². The van der Waals surface area contributed by atoms with Crippen LogP contribution in [-0.2, 0) is 6.54 Å². The van der Waals surface area contributed by atoms with Crippen molar-refractivity contribution in [2.45, 2.75) is 19.4 Å². The second-order valence-electron chi connectivity index (χ2n) is 7.79. The van der Waals surface area contributed by atoms with E-state index in [1.165, 1.54) is 38.0 Å². The normalized spacial score (nSPS) is 29.3. The molecule has 1 aromatic carbocycles. The number of fused-ring (bicyclic) bond motifs is 2. The van der Waals surface area contributed by atoms with Gasteiger partial charge >= 0.3 is 0 Å². The lowest BCUT2D eigenvalue weighted by Crippen LogP contribution is -2.47. The topological polar surface area (TPSA) is 24.9 Å². The van der Waals surface area contributed by atoms with Crippen LogP contribution in [0.2, 0.25) is 0 Å². The minimum absolute atomic E-state index is 0.865. The zero-order valence-corrected chi connectivity index (χ0v) is 15.5. The first-order chi connectivity index (χ1) is 12.2. The first-order valence-electron chi connectivity index (χ1n) is 9.59.